The van der Waals surface area contributed by atoms with E-state index in [0.29, 0.717) is 5.92 Å². The molecule has 1 aliphatic rings. The summed E-state index contributed by atoms with van der Waals surface area (Å²) in [6.45, 7) is -2.94. The van der Waals surface area contributed by atoms with E-state index in [9.17, 15) is 18.0 Å². The van der Waals surface area contributed by atoms with Crippen LogP contribution in [0.25, 0.3) is 0 Å². The Labute approximate surface area is 135 Å². The molecular formula is C16H14F3N3O2. The highest BCUT2D eigenvalue weighted by Crippen LogP contribution is 2.41. The van der Waals surface area contributed by atoms with Crippen LogP contribution in [0.2, 0.25) is 0 Å². The van der Waals surface area contributed by atoms with E-state index in [1.165, 1.54) is 0 Å². The van der Waals surface area contributed by atoms with Gasteiger partial charge in [-0.2, -0.15) is 8.78 Å². The van der Waals surface area contributed by atoms with Crippen LogP contribution in [-0.4, -0.2) is 22.5 Å². The second kappa shape index (κ2) is 6.86. The van der Waals surface area contributed by atoms with Crippen molar-refractivity contribution in [2.75, 3.05) is 0 Å². The molecule has 0 spiro atoms. The van der Waals surface area contributed by atoms with Gasteiger partial charge in [0.2, 0.25) is 0 Å². The van der Waals surface area contributed by atoms with Gasteiger partial charge in [0.05, 0.1) is 5.56 Å². The number of carbonyl (C=O) groups is 1. The summed E-state index contributed by atoms with van der Waals surface area (Å²) in [6, 6.07) is 2.74. The third kappa shape index (κ3) is 3.81. The molecule has 0 radical (unpaired) electrons. The molecule has 3 rings (SSSR count). The van der Waals surface area contributed by atoms with Gasteiger partial charge in [-0.15, -0.1) is 0 Å². The zero-order valence-electron chi connectivity index (χ0n) is 12.5. The number of aromatic nitrogens is 2. The fraction of sp³-hybridized carbons (Fsp3) is 0.312. The topological polar surface area (TPSA) is 64.1 Å². The average Bonchev–Trinajstić information content (AvgIpc) is 3.39. The standard InChI is InChI=1S/C16H14F3N3O2/c17-13-5-10(7-22-15(13)24-16(18)19)14(23)21-8-11-6-20-4-3-12(11)9-1-2-9/h3-7,9,16H,1-2,8H2,(H,21,23). The molecule has 1 amide bonds. The molecular weight excluding hydrogens is 323 g/mol. The predicted molar refractivity (Wildman–Crippen MR) is 78.2 cm³/mol. The van der Waals surface area contributed by atoms with E-state index in [2.05, 4.69) is 20.0 Å². The van der Waals surface area contributed by atoms with Crippen LogP contribution in [0.1, 0.15) is 40.2 Å². The fourth-order valence-electron chi connectivity index (χ4n) is 2.38. The second-order valence-corrected chi connectivity index (χ2v) is 5.42. The van der Waals surface area contributed by atoms with Crippen molar-refractivity contribution in [1.29, 1.82) is 0 Å². The van der Waals surface area contributed by atoms with Crippen molar-refractivity contribution in [2.24, 2.45) is 0 Å². The summed E-state index contributed by atoms with van der Waals surface area (Å²) in [5.41, 5.74) is 1.97. The maximum Gasteiger partial charge on any atom is 0.388 e. The van der Waals surface area contributed by atoms with Crippen molar-refractivity contribution in [1.82, 2.24) is 15.3 Å². The summed E-state index contributed by atoms with van der Waals surface area (Å²) in [6.07, 6.45) is 6.62. The van der Waals surface area contributed by atoms with Gasteiger partial charge in [-0.1, -0.05) is 0 Å². The van der Waals surface area contributed by atoms with Gasteiger partial charge in [0.15, 0.2) is 5.82 Å². The lowest BCUT2D eigenvalue weighted by molar-refractivity contribution is -0.0553. The Bertz CT molecular complexity index is 751. The van der Waals surface area contributed by atoms with E-state index in [1.54, 1.807) is 12.4 Å². The summed E-state index contributed by atoms with van der Waals surface area (Å²) in [7, 11) is 0. The normalized spacial score (nSPS) is 13.8. The summed E-state index contributed by atoms with van der Waals surface area (Å²) >= 11 is 0. The number of rotatable bonds is 6. The quantitative estimate of drug-likeness (QED) is 0.880. The Morgan fingerprint density at radius 2 is 2.17 bits per heavy atom. The van der Waals surface area contributed by atoms with Crippen molar-refractivity contribution >= 4 is 5.91 Å². The molecule has 2 aromatic rings. The lowest BCUT2D eigenvalue weighted by atomic mass is 10.1. The summed E-state index contributed by atoms with van der Waals surface area (Å²) in [5.74, 6) is -2.02. The number of halogens is 3. The molecule has 8 heteroatoms. The average molecular weight is 337 g/mol. The van der Waals surface area contributed by atoms with Crippen LogP contribution in [0.15, 0.2) is 30.7 Å². The van der Waals surface area contributed by atoms with Gasteiger partial charge >= 0.3 is 6.61 Å². The zero-order valence-corrected chi connectivity index (χ0v) is 12.5. The molecule has 0 aromatic carbocycles. The smallest absolute Gasteiger partial charge is 0.388 e. The van der Waals surface area contributed by atoms with Crippen molar-refractivity contribution in [3.8, 4) is 5.88 Å². The van der Waals surface area contributed by atoms with Crippen molar-refractivity contribution in [2.45, 2.75) is 31.9 Å². The Kier molecular flexibility index (Phi) is 4.64. The van der Waals surface area contributed by atoms with Crippen LogP contribution in [0.5, 0.6) is 5.88 Å². The second-order valence-electron chi connectivity index (χ2n) is 5.42. The van der Waals surface area contributed by atoms with E-state index in [4.69, 9.17) is 0 Å². The molecule has 0 saturated heterocycles. The number of amides is 1. The Hall–Kier alpha value is -2.64. The zero-order chi connectivity index (χ0) is 17.1. The minimum Gasteiger partial charge on any atom is -0.414 e. The van der Waals surface area contributed by atoms with Crippen molar-refractivity contribution in [3.63, 3.8) is 0 Å². The molecule has 1 saturated carbocycles. The van der Waals surface area contributed by atoms with Gasteiger partial charge in [0, 0.05) is 25.1 Å². The van der Waals surface area contributed by atoms with Gasteiger partial charge in [-0.05, 0) is 42.0 Å². The first-order valence-electron chi connectivity index (χ1n) is 7.36. The Morgan fingerprint density at radius 3 is 2.83 bits per heavy atom. The fourth-order valence-corrected chi connectivity index (χ4v) is 2.38. The summed E-state index contributed by atoms with van der Waals surface area (Å²) in [4.78, 5) is 19.5. The van der Waals surface area contributed by atoms with Crippen LogP contribution in [-0.2, 0) is 6.54 Å². The number of nitrogens with zero attached hydrogens (tertiary/aromatic N) is 2. The van der Waals surface area contributed by atoms with Gasteiger partial charge < -0.3 is 10.1 Å². The number of hydrogen-bond acceptors (Lipinski definition) is 4. The van der Waals surface area contributed by atoms with Gasteiger partial charge in [0.1, 0.15) is 0 Å². The molecule has 2 heterocycles. The molecule has 0 aliphatic heterocycles. The van der Waals surface area contributed by atoms with Crippen LogP contribution >= 0.6 is 0 Å². The monoisotopic (exact) mass is 337 g/mol. The molecule has 0 unspecified atom stereocenters. The van der Waals surface area contributed by atoms with E-state index in [1.807, 2.05) is 6.07 Å². The van der Waals surface area contributed by atoms with Gasteiger partial charge in [0.25, 0.3) is 11.8 Å². The number of alkyl halides is 2. The summed E-state index contributed by atoms with van der Waals surface area (Å²) < 4.78 is 41.6. The predicted octanol–water partition coefficient (Wildman–Crippen LogP) is 3.02. The number of carbonyl (C=O) groups excluding carboxylic acids is 1. The van der Waals surface area contributed by atoms with E-state index >= 15 is 0 Å². The lowest BCUT2D eigenvalue weighted by Gasteiger charge is -2.10. The molecule has 24 heavy (non-hydrogen) atoms. The van der Waals surface area contributed by atoms with E-state index in [-0.39, 0.29) is 12.1 Å². The lowest BCUT2D eigenvalue weighted by Crippen LogP contribution is -2.24. The molecule has 0 atom stereocenters. The minimum absolute atomic E-state index is 0.0778. The molecule has 1 N–H and O–H groups in total. The van der Waals surface area contributed by atoms with Crippen molar-refractivity contribution < 1.29 is 22.7 Å². The van der Waals surface area contributed by atoms with E-state index < -0.39 is 24.2 Å². The molecule has 5 nitrogen and oxygen atoms in total. The minimum atomic E-state index is -3.18. The largest absolute Gasteiger partial charge is 0.414 e. The molecule has 2 aromatic heterocycles. The summed E-state index contributed by atoms with van der Waals surface area (Å²) in [5, 5.41) is 2.65. The molecule has 1 aliphatic carbocycles. The van der Waals surface area contributed by atoms with Gasteiger partial charge in [-0.3, -0.25) is 9.78 Å². The number of nitrogens with one attached hydrogen (secondary N) is 1. The van der Waals surface area contributed by atoms with Crippen LogP contribution in [0.3, 0.4) is 0 Å². The first-order valence-corrected chi connectivity index (χ1v) is 7.36. The highest BCUT2D eigenvalue weighted by Gasteiger charge is 2.26. The van der Waals surface area contributed by atoms with Gasteiger partial charge in [-0.25, -0.2) is 9.37 Å². The van der Waals surface area contributed by atoms with E-state index in [0.717, 1.165) is 36.2 Å². The third-order valence-corrected chi connectivity index (χ3v) is 3.67. The Balaban J connectivity index is 1.66. The van der Waals surface area contributed by atoms with Crippen LogP contribution in [0.4, 0.5) is 13.2 Å². The first kappa shape index (κ1) is 16.2. The highest BCUT2D eigenvalue weighted by atomic mass is 19.3. The highest BCUT2D eigenvalue weighted by molar-refractivity contribution is 5.93. The third-order valence-electron chi connectivity index (χ3n) is 3.67. The maximum absolute atomic E-state index is 13.6. The van der Waals surface area contributed by atoms with Crippen LogP contribution in [0, 0.1) is 5.82 Å². The van der Waals surface area contributed by atoms with Crippen LogP contribution < -0.4 is 10.1 Å². The first-order chi connectivity index (χ1) is 11.5. The molecule has 126 valence electrons. The Morgan fingerprint density at radius 1 is 1.38 bits per heavy atom. The number of ether oxygens (including phenoxy) is 1. The van der Waals surface area contributed by atoms with Crippen molar-refractivity contribution in [3.05, 3.63) is 53.2 Å². The molecule has 1 fully saturated rings. The maximum atomic E-state index is 13.6. The molecule has 0 bridgehead atoms. The SMILES string of the molecule is O=C(NCc1cnccc1C1CC1)c1cnc(OC(F)F)c(F)c1. The number of hydrogen-bond donors (Lipinski definition) is 1. The number of pyridine rings is 2.